The zero-order valence-corrected chi connectivity index (χ0v) is 73.0. The summed E-state index contributed by atoms with van der Waals surface area (Å²) in [5.41, 5.74) is 36.2. The number of benzene rings is 18. The Kier molecular flexibility index (Phi) is 20.2. The average Bonchev–Trinajstić information content (AvgIpc) is 0.683. The van der Waals surface area contributed by atoms with Gasteiger partial charge in [0.1, 0.15) is 0 Å². The zero-order chi connectivity index (χ0) is 84.4. The molecule has 18 aromatic rings. The van der Waals surface area contributed by atoms with Crippen molar-refractivity contribution >= 4 is 86.0 Å². The molecule has 4 heteroatoms. The molecule has 0 saturated heterocycles. The highest BCUT2D eigenvalue weighted by molar-refractivity contribution is 7.20. The first-order valence-corrected chi connectivity index (χ1v) is 45.8. The van der Waals surface area contributed by atoms with E-state index in [2.05, 4.69) is 509 Å². The average molecular weight is 1610 g/mol. The fourth-order valence-electron chi connectivity index (χ4n) is 19.4. The molecule has 0 atom stereocenters. The molecule has 2 nitrogen and oxygen atoms in total. The van der Waals surface area contributed by atoms with Crippen molar-refractivity contribution in [1.29, 1.82) is 0 Å². The van der Waals surface area contributed by atoms with Gasteiger partial charge in [0.25, 0.3) is 6.71 Å². The Morgan fingerprint density at radius 1 is 0.185 bits per heavy atom. The molecule has 0 amide bonds. The van der Waals surface area contributed by atoms with E-state index in [1.807, 2.05) is 0 Å². The summed E-state index contributed by atoms with van der Waals surface area (Å²) in [5.74, 6) is 0. The van der Waals surface area contributed by atoms with Gasteiger partial charge in [-0.15, -0.1) is 0 Å². The van der Waals surface area contributed by atoms with Crippen LogP contribution in [-0.2, 0) is 16.2 Å². The van der Waals surface area contributed by atoms with Gasteiger partial charge >= 0.3 is 0 Å². The van der Waals surface area contributed by atoms with Gasteiger partial charge in [-0.3, -0.25) is 0 Å². The number of fused-ring (bicyclic) bond motifs is 4. The predicted octanol–water partition coefficient (Wildman–Crippen LogP) is 27.7. The molecule has 0 fully saturated rings. The molecule has 124 heavy (non-hydrogen) atoms. The van der Waals surface area contributed by atoms with E-state index in [-0.39, 0.29) is 23.0 Å². The quantitative estimate of drug-likeness (QED) is 0.0703. The van der Waals surface area contributed by atoms with Crippen LogP contribution in [-0.4, -0.2) is 14.8 Å². The molecule has 2 heterocycles. The zero-order valence-electron chi connectivity index (χ0n) is 72.0. The molecule has 0 N–H and O–H groups in total. The van der Waals surface area contributed by atoms with Crippen LogP contribution in [0.25, 0.3) is 111 Å². The molecule has 0 aromatic heterocycles. The Labute approximate surface area is 733 Å². The third-order valence-corrected chi connectivity index (χ3v) is 30.6. The third kappa shape index (κ3) is 14.5. The highest BCUT2D eigenvalue weighted by Gasteiger charge is 2.48. The van der Waals surface area contributed by atoms with Gasteiger partial charge in [0, 0.05) is 45.0 Å². The number of rotatable bonds is 16. The van der Waals surface area contributed by atoms with Gasteiger partial charge in [-0.05, 0) is 232 Å². The Bertz CT molecular complexity index is 6690. The number of hydrogen-bond donors (Lipinski definition) is 0. The lowest BCUT2D eigenvalue weighted by molar-refractivity contribution is 0.590. The second-order valence-electron chi connectivity index (χ2n) is 36.7. The van der Waals surface area contributed by atoms with Gasteiger partial charge in [-0.1, -0.05) is 426 Å². The van der Waals surface area contributed by atoms with Crippen LogP contribution in [0.5, 0.6) is 0 Å². The van der Waals surface area contributed by atoms with Crippen molar-refractivity contribution in [3.8, 4) is 111 Å². The number of anilines is 6. The van der Waals surface area contributed by atoms with Crippen molar-refractivity contribution in [1.82, 2.24) is 0 Å². The van der Waals surface area contributed by atoms with Crippen molar-refractivity contribution in [2.24, 2.45) is 0 Å². The van der Waals surface area contributed by atoms with E-state index in [9.17, 15) is 0 Å². The van der Waals surface area contributed by atoms with Crippen LogP contribution in [0.1, 0.15) is 79.0 Å². The van der Waals surface area contributed by atoms with Crippen molar-refractivity contribution in [3.05, 3.63) is 453 Å². The molecule has 0 bridgehead atoms. The second-order valence-corrected chi connectivity index (χ2v) is 40.6. The minimum atomic E-state index is -2.91. The van der Waals surface area contributed by atoms with Crippen LogP contribution in [0.4, 0.5) is 34.1 Å². The standard InChI is InChI=1S/C120H99BN2Si/c1-118(2,3)98-76-105(94-52-34-48-88(70-94)82-38-18-10-19-39-82)116(106(77-98)95-53-35-49-89(71-95)83-40-20-11-21-41-83)122-111-69-65-92(87-62-66-104(67-63-87)124(101-56-28-15-29-57-101,102-58-30-16-31-59-102)103-60-32-17-33-61-103)74-110(111)121-109-68-64-93(86-46-26-14-27-47-86)75-112(109)123(114-81-100(120(7,8)9)80-113(122)115(114)121)117-107(96-54-36-50-90(72-96)84-42-22-12-23-43-84)78-99(119(4,5)6)79-108(117)97-55-37-51-91(73-97)85-44-24-13-25-45-85/h10-81H,1-9H3. The second kappa shape index (κ2) is 32.0. The number of nitrogens with zero attached hydrogens (tertiary/aromatic N) is 2. The molecular weight excluding hydrogens is 1510 g/mol. The van der Waals surface area contributed by atoms with Crippen molar-refractivity contribution in [2.45, 2.75) is 78.6 Å². The van der Waals surface area contributed by atoms with Crippen LogP contribution in [0.15, 0.2) is 437 Å². The third-order valence-electron chi connectivity index (χ3n) is 25.8. The highest BCUT2D eigenvalue weighted by Crippen LogP contribution is 2.56. The topological polar surface area (TPSA) is 6.48 Å². The normalized spacial score (nSPS) is 12.5. The molecule has 0 aliphatic carbocycles. The van der Waals surface area contributed by atoms with Crippen LogP contribution in [0.2, 0.25) is 0 Å². The molecule has 0 saturated carbocycles. The van der Waals surface area contributed by atoms with Crippen molar-refractivity contribution in [2.75, 3.05) is 9.80 Å². The molecule has 0 spiro atoms. The molecular formula is C120H99BN2Si. The summed E-state index contributed by atoms with van der Waals surface area (Å²) in [6.45, 7) is 21.2. The van der Waals surface area contributed by atoms with Gasteiger partial charge < -0.3 is 9.80 Å². The van der Waals surface area contributed by atoms with Crippen LogP contribution >= 0.6 is 0 Å². The van der Waals surface area contributed by atoms with E-state index < -0.39 is 8.07 Å². The minimum Gasteiger partial charge on any atom is -0.310 e. The summed E-state index contributed by atoms with van der Waals surface area (Å²) in [5, 5.41) is 5.36. The smallest absolute Gasteiger partial charge is 0.252 e. The van der Waals surface area contributed by atoms with E-state index >= 15 is 0 Å². The van der Waals surface area contributed by atoms with Gasteiger partial charge in [0.2, 0.25) is 0 Å². The van der Waals surface area contributed by atoms with E-state index in [0.29, 0.717) is 0 Å². The summed E-state index contributed by atoms with van der Waals surface area (Å²) in [6.07, 6.45) is 0. The predicted molar refractivity (Wildman–Crippen MR) is 535 cm³/mol. The van der Waals surface area contributed by atoms with Crippen LogP contribution in [0.3, 0.4) is 0 Å². The first-order chi connectivity index (χ1) is 60.4. The summed E-state index contributed by atoms with van der Waals surface area (Å²) >= 11 is 0. The SMILES string of the molecule is CC(C)(C)c1cc(-c2cccc(-c3ccccc3)c2)c(N2c3ccc(-c4ccc([Si](c5ccccc5)(c5ccccc5)c5ccccc5)cc4)cc3B3c4ccc(-c5ccccc5)cc4N(c4c(-c5cccc(-c6ccccc6)c5)cc(C(C)(C)C)cc4-c4cccc(-c5ccccc5)c4)c4cc(C(C)(C)C)cc2c43)c(-c2cccc(-c3ccccc3)c2)c1. The van der Waals surface area contributed by atoms with Crippen LogP contribution < -0.4 is 46.9 Å². The Morgan fingerprint density at radius 3 is 0.766 bits per heavy atom. The lowest BCUT2D eigenvalue weighted by Crippen LogP contribution is -2.74. The Morgan fingerprint density at radius 2 is 0.435 bits per heavy atom. The lowest BCUT2D eigenvalue weighted by atomic mass is 9.33. The van der Waals surface area contributed by atoms with E-state index in [1.165, 1.54) is 76.1 Å². The summed E-state index contributed by atoms with van der Waals surface area (Å²) in [7, 11) is -2.91. The highest BCUT2D eigenvalue weighted by atomic mass is 28.3. The molecule has 2 aliphatic heterocycles. The molecule has 2 aliphatic rings. The van der Waals surface area contributed by atoms with Gasteiger partial charge in [-0.25, -0.2) is 0 Å². The van der Waals surface area contributed by atoms with Crippen molar-refractivity contribution in [3.63, 3.8) is 0 Å². The largest absolute Gasteiger partial charge is 0.310 e. The maximum absolute atomic E-state index is 2.91. The molecule has 0 radical (unpaired) electrons. The maximum Gasteiger partial charge on any atom is 0.252 e. The monoisotopic (exact) mass is 1610 g/mol. The fraction of sp³-hybridized carbons (Fsp3) is 0.100. The van der Waals surface area contributed by atoms with Crippen molar-refractivity contribution < 1.29 is 0 Å². The Hall–Kier alpha value is -14.2. The lowest BCUT2D eigenvalue weighted by Gasteiger charge is -2.47. The van der Waals surface area contributed by atoms with Crippen LogP contribution in [0, 0.1) is 0 Å². The molecule has 18 aromatic carbocycles. The first kappa shape index (κ1) is 78.4. The summed E-state index contributed by atoms with van der Waals surface area (Å²) < 4.78 is 0. The number of hydrogen-bond acceptors (Lipinski definition) is 2. The molecule has 596 valence electrons. The maximum atomic E-state index is 2.76. The van der Waals surface area contributed by atoms with Gasteiger partial charge in [-0.2, -0.15) is 0 Å². The minimum absolute atomic E-state index is 0.273. The van der Waals surface area contributed by atoms with Gasteiger partial charge in [0.05, 0.1) is 11.4 Å². The van der Waals surface area contributed by atoms with Gasteiger partial charge in [0.15, 0.2) is 8.07 Å². The molecule has 20 rings (SSSR count). The summed E-state index contributed by atoms with van der Waals surface area (Å²) in [6, 6.07) is 166. The Balaban J connectivity index is 0.938. The van der Waals surface area contributed by atoms with E-state index in [1.54, 1.807) is 0 Å². The summed E-state index contributed by atoms with van der Waals surface area (Å²) in [4.78, 5) is 5.52. The first-order valence-electron chi connectivity index (χ1n) is 43.8. The van der Waals surface area contributed by atoms with E-state index in [0.717, 1.165) is 123 Å². The fourth-order valence-corrected chi connectivity index (χ4v) is 24.1. The molecule has 0 unspecified atom stereocenters. The van der Waals surface area contributed by atoms with E-state index in [4.69, 9.17) is 0 Å².